The summed E-state index contributed by atoms with van der Waals surface area (Å²) in [6.45, 7) is 0.590. The molecule has 0 unspecified atom stereocenters. The van der Waals surface area contributed by atoms with Crippen molar-refractivity contribution in [3.8, 4) is 11.5 Å². The summed E-state index contributed by atoms with van der Waals surface area (Å²) in [5.41, 5.74) is 2.19. The van der Waals surface area contributed by atoms with Crippen molar-refractivity contribution in [2.75, 3.05) is 31.0 Å². The highest BCUT2D eigenvalue weighted by Gasteiger charge is 2.34. The van der Waals surface area contributed by atoms with Crippen molar-refractivity contribution in [3.63, 3.8) is 0 Å². The van der Waals surface area contributed by atoms with E-state index in [1.165, 1.54) is 0 Å². The summed E-state index contributed by atoms with van der Waals surface area (Å²) in [4.78, 5) is 18.9. The highest BCUT2D eigenvalue weighted by molar-refractivity contribution is 6.01. The second-order valence-electron chi connectivity index (χ2n) is 6.03. The Morgan fingerprint density at radius 2 is 1.88 bits per heavy atom. The Labute approximate surface area is 150 Å². The van der Waals surface area contributed by atoms with E-state index in [-0.39, 0.29) is 11.9 Å². The van der Waals surface area contributed by atoms with Gasteiger partial charge >= 0.3 is 0 Å². The zero-order valence-electron chi connectivity index (χ0n) is 14.6. The first-order chi connectivity index (χ1) is 12.7. The standard InChI is InChI=1S/C19H19N3O4/c1-24-13-9-12(10-14(11-13)25-2)22-8-7-16(18(22)23)21-19-20-15-5-3-4-6-17(15)26-19/h3-6,9-11,16H,7-8H2,1-2H3,(H,20,21)/t16-/m0/s1. The Balaban J connectivity index is 1.54. The van der Waals surface area contributed by atoms with Crippen LogP contribution < -0.4 is 19.7 Å². The molecule has 1 N–H and O–H groups in total. The first kappa shape index (κ1) is 16.3. The number of oxazole rings is 1. The average Bonchev–Trinajstić information content (AvgIpc) is 3.24. The number of amides is 1. The maximum Gasteiger partial charge on any atom is 0.296 e. The molecule has 134 valence electrons. The smallest absolute Gasteiger partial charge is 0.296 e. The molecule has 0 radical (unpaired) electrons. The Kier molecular flexibility index (Phi) is 4.12. The third-order valence-corrected chi connectivity index (χ3v) is 4.44. The van der Waals surface area contributed by atoms with Gasteiger partial charge in [-0.2, -0.15) is 4.98 Å². The summed E-state index contributed by atoms with van der Waals surface area (Å²) in [6.07, 6.45) is 0.650. The number of carbonyl (C=O) groups is 1. The van der Waals surface area contributed by atoms with E-state index < -0.39 is 0 Å². The molecule has 0 aliphatic carbocycles. The molecule has 1 amide bonds. The third kappa shape index (κ3) is 2.92. The van der Waals surface area contributed by atoms with Crippen molar-refractivity contribution < 1.29 is 18.7 Å². The quantitative estimate of drug-likeness (QED) is 0.760. The molecule has 1 aromatic heterocycles. The number of nitrogens with one attached hydrogen (secondary N) is 1. The Hall–Kier alpha value is -3.22. The van der Waals surface area contributed by atoms with Gasteiger partial charge in [0.2, 0.25) is 5.91 Å². The van der Waals surface area contributed by atoms with Gasteiger partial charge in [-0.15, -0.1) is 0 Å². The van der Waals surface area contributed by atoms with Crippen LogP contribution >= 0.6 is 0 Å². The van der Waals surface area contributed by atoms with Crippen molar-refractivity contribution in [2.24, 2.45) is 0 Å². The highest BCUT2D eigenvalue weighted by atomic mass is 16.5. The molecule has 1 atom stereocenters. The fourth-order valence-electron chi connectivity index (χ4n) is 3.10. The van der Waals surface area contributed by atoms with Crippen LogP contribution in [0.1, 0.15) is 6.42 Å². The monoisotopic (exact) mass is 353 g/mol. The molecular formula is C19H19N3O4. The zero-order chi connectivity index (χ0) is 18.1. The minimum Gasteiger partial charge on any atom is -0.497 e. The second-order valence-corrected chi connectivity index (χ2v) is 6.03. The molecule has 4 rings (SSSR count). The van der Waals surface area contributed by atoms with E-state index in [1.807, 2.05) is 36.4 Å². The number of fused-ring (bicyclic) bond motifs is 1. The summed E-state index contributed by atoms with van der Waals surface area (Å²) in [5.74, 6) is 1.24. The minimum absolute atomic E-state index is 0.0393. The van der Waals surface area contributed by atoms with Crippen molar-refractivity contribution in [3.05, 3.63) is 42.5 Å². The maximum atomic E-state index is 12.8. The molecule has 1 aliphatic rings. The number of hydrogen-bond donors (Lipinski definition) is 1. The van der Waals surface area contributed by atoms with Crippen LogP contribution in [0.4, 0.5) is 11.7 Å². The topological polar surface area (TPSA) is 76.8 Å². The van der Waals surface area contributed by atoms with Crippen LogP contribution in [0.15, 0.2) is 46.9 Å². The summed E-state index contributed by atoms with van der Waals surface area (Å²) in [7, 11) is 3.17. The third-order valence-electron chi connectivity index (χ3n) is 4.44. The van der Waals surface area contributed by atoms with Crippen LogP contribution in [0.2, 0.25) is 0 Å². The van der Waals surface area contributed by atoms with Crippen LogP contribution in [0.25, 0.3) is 11.1 Å². The van der Waals surface area contributed by atoms with Gasteiger partial charge in [-0.25, -0.2) is 0 Å². The molecular weight excluding hydrogens is 334 g/mol. The summed E-state index contributed by atoms with van der Waals surface area (Å²) in [6, 6.07) is 12.9. The van der Waals surface area contributed by atoms with Crippen LogP contribution in [0.3, 0.4) is 0 Å². The number of benzene rings is 2. The van der Waals surface area contributed by atoms with Gasteiger partial charge in [0.05, 0.1) is 19.9 Å². The lowest BCUT2D eigenvalue weighted by molar-refractivity contribution is -0.117. The maximum absolute atomic E-state index is 12.8. The summed E-state index contributed by atoms with van der Waals surface area (Å²) < 4.78 is 16.2. The molecule has 3 aromatic rings. The SMILES string of the molecule is COc1cc(OC)cc(N2CC[C@H](Nc3nc4ccccc4o3)C2=O)c1. The van der Waals surface area contributed by atoms with Gasteiger partial charge < -0.3 is 24.1 Å². The van der Waals surface area contributed by atoms with Gasteiger partial charge in [-0.1, -0.05) is 12.1 Å². The molecule has 2 heterocycles. The largest absolute Gasteiger partial charge is 0.497 e. The predicted octanol–water partition coefficient (Wildman–Crippen LogP) is 3.06. The van der Waals surface area contributed by atoms with E-state index in [4.69, 9.17) is 13.9 Å². The molecule has 7 nitrogen and oxygen atoms in total. The van der Waals surface area contributed by atoms with Crippen molar-refractivity contribution >= 4 is 28.7 Å². The fourth-order valence-corrected chi connectivity index (χ4v) is 3.10. The molecule has 7 heteroatoms. The van der Waals surface area contributed by atoms with E-state index in [0.717, 1.165) is 11.2 Å². The van der Waals surface area contributed by atoms with Gasteiger partial charge in [0, 0.05) is 24.7 Å². The molecule has 0 bridgehead atoms. The highest BCUT2D eigenvalue weighted by Crippen LogP contribution is 2.31. The summed E-state index contributed by atoms with van der Waals surface area (Å²) >= 11 is 0. The van der Waals surface area contributed by atoms with Crippen molar-refractivity contribution in [1.29, 1.82) is 0 Å². The number of rotatable bonds is 5. The predicted molar refractivity (Wildman–Crippen MR) is 97.9 cm³/mol. The first-order valence-electron chi connectivity index (χ1n) is 8.34. The molecule has 1 saturated heterocycles. The van der Waals surface area contributed by atoms with Gasteiger partial charge in [0.1, 0.15) is 23.1 Å². The van der Waals surface area contributed by atoms with Crippen LogP contribution in [-0.2, 0) is 4.79 Å². The first-order valence-corrected chi connectivity index (χ1v) is 8.34. The molecule has 0 spiro atoms. The average molecular weight is 353 g/mol. The van der Waals surface area contributed by atoms with Gasteiger partial charge in [-0.05, 0) is 18.6 Å². The Morgan fingerprint density at radius 1 is 1.15 bits per heavy atom. The zero-order valence-corrected chi connectivity index (χ0v) is 14.6. The lowest BCUT2D eigenvalue weighted by atomic mass is 10.2. The van der Waals surface area contributed by atoms with Crippen molar-refractivity contribution in [2.45, 2.75) is 12.5 Å². The lowest BCUT2D eigenvalue weighted by Crippen LogP contribution is -2.33. The van der Waals surface area contributed by atoms with Crippen LogP contribution in [0.5, 0.6) is 11.5 Å². The Morgan fingerprint density at radius 3 is 2.58 bits per heavy atom. The van der Waals surface area contributed by atoms with E-state index in [1.54, 1.807) is 25.2 Å². The molecule has 2 aromatic carbocycles. The van der Waals surface area contributed by atoms with Gasteiger partial charge in [-0.3, -0.25) is 4.79 Å². The minimum atomic E-state index is -0.389. The van der Waals surface area contributed by atoms with Crippen LogP contribution in [0, 0.1) is 0 Å². The molecule has 1 fully saturated rings. The molecule has 26 heavy (non-hydrogen) atoms. The Bertz CT molecular complexity index is 898. The van der Waals surface area contributed by atoms with E-state index >= 15 is 0 Å². The fraction of sp³-hybridized carbons (Fsp3) is 0.263. The molecule has 0 saturated carbocycles. The number of carbonyl (C=O) groups excluding carboxylic acids is 1. The number of hydrogen-bond acceptors (Lipinski definition) is 6. The van der Waals surface area contributed by atoms with Gasteiger partial charge in [0.25, 0.3) is 6.01 Å². The summed E-state index contributed by atoms with van der Waals surface area (Å²) in [5, 5.41) is 3.11. The van der Waals surface area contributed by atoms with E-state index in [0.29, 0.717) is 36.1 Å². The number of methoxy groups -OCH3 is 2. The lowest BCUT2D eigenvalue weighted by Gasteiger charge is -2.18. The van der Waals surface area contributed by atoms with Crippen molar-refractivity contribution in [1.82, 2.24) is 4.98 Å². The number of anilines is 2. The normalized spacial score (nSPS) is 16.9. The molecule has 1 aliphatic heterocycles. The van der Waals surface area contributed by atoms with E-state index in [2.05, 4.69) is 10.3 Å². The number of ether oxygens (including phenoxy) is 2. The van der Waals surface area contributed by atoms with Gasteiger partial charge in [0.15, 0.2) is 5.58 Å². The number of nitrogens with zero attached hydrogens (tertiary/aromatic N) is 2. The van der Waals surface area contributed by atoms with Crippen LogP contribution in [-0.4, -0.2) is 37.7 Å². The number of para-hydroxylation sites is 2. The van der Waals surface area contributed by atoms with E-state index in [9.17, 15) is 4.79 Å². The number of aromatic nitrogens is 1. The second kappa shape index (κ2) is 6.59.